The summed E-state index contributed by atoms with van der Waals surface area (Å²) < 4.78 is 0. The first-order chi connectivity index (χ1) is 7.86. The van der Waals surface area contributed by atoms with Crippen molar-refractivity contribution in [1.29, 1.82) is 0 Å². The van der Waals surface area contributed by atoms with Gasteiger partial charge in [-0.1, -0.05) is 24.3 Å². The summed E-state index contributed by atoms with van der Waals surface area (Å²) in [6.07, 6.45) is 4.58. The molecule has 1 fully saturated rings. The molecule has 2 N–H and O–H groups in total. The number of hydrogen-bond acceptors (Lipinski definition) is 3. The fraction of sp³-hybridized carbons (Fsp3) is 0.308. The second kappa shape index (κ2) is 4.00. The Hall–Kier alpha value is -1.19. The van der Waals surface area contributed by atoms with Crippen molar-refractivity contribution in [3.8, 4) is 10.6 Å². The molecule has 1 aliphatic rings. The van der Waals surface area contributed by atoms with E-state index in [0.29, 0.717) is 6.54 Å². The molecule has 0 spiro atoms. The van der Waals surface area contributed by atoms with E-state index in [4.69, 9.17) is 5.73 Å². The van der Waals surface area contributed by atoms with E-state index in [1.807, 2.05) is 6.20 Å². The maximum Gasteiger partial charge on any atom is 0.123 e. The molecule has 16 heavy (non-hydrogen) atoms. The molecule has 0 atom stereocenters. The number of rotatable bonds is 3. The first kappa shape index (κ1) is 10.00. The van der Waals surface area contributed by atoms with Gasteiger partial charge in [-0.3, -0.25) is 0 Å². The Labute approximate surface area is 99.1 Å². The molecule has 0 unspecified atom stereocenters. The summed E-state index contributed by atoms with van der Waals surface area (Å²) in [5.41, 5.74) is 8.26. The molecule has 0 bridgehead atoms. The second-order valence-corrected chi connectivity index (χ2v) is 5.35. The lowest BCUT2D eigenvalue weighted by molar-refractivity contribution is 1.10. The van der Waals surface area contributed by atoms with Gasteiger partial charge in [-0.2, -0.15) is 0 Å². The number of nitrogens with zero attached hydrogens (tertiary/aromatic N) is 1. The first-order valence-corrected chi connectivity index (χ1v) is 6.43. The normalized spacial score (nSPS) is 15.3. The summed E-state index contributed by atoms with van der Waals surface area (Å²) in [4.78, 5) is 5.53. The average molecular weight is 230 g/mol. The highest BCUT2D eigenvalue weighted by Crippen LogP contribution is 2.40. The molecule has 0 saturated heterocycles. The van der Waals surface area contributed by atoms with Crippen molar-refractivity contribution in [3.63, 3.8) is 0 Å². The maximum atomic E-state index is 5.58. The van der Waals surface area contributed by atoms with Crippen LogP contribution in [0.4, 0.5) is 0 Å². The molecule has 0 amide bonds. The minimum atomic E-state index is 0.581. The second-order valence-electron chi connectivity index (χ2n) is 4.23. The van der Waals surface area contributed by atoms with Gasteiger partial charge in [0.1, 0.15) is 5.01 Å². The summed E-state index contributed by atoms with van der Waals surface area (Å²) >= 11 is 1.68. The van der Waals surface area contributed by atoms with Crippen molar-refractivity contribution in [1.82, 2.24) is 4.98 Å². The fourth-order valence-electron chi connectivity index (χ4n) is 1.85. The van der Waals surface area contributed by atoms with E-state index in [9.17, 15) is 0 Å². The van der Waals surface area contributed by atoms with Crippen LogP contribution in [0.2, 0.25) is 0 Å². The van der Waals surface area contributed by atoms with Gasteiger partial charge in [-0.15, -0.1) is 11.3 Å². The first-order valence-electron chi connectivity index (χ1n) is 5.62. The molecule has 1 saturated carbocycles. The van der Waals surface area contributed by atoms with Crippen LogP contribution >= 0.6 is 11.3 Å². The molecule has 1 heterocycles. The molecule has 82 valence electrons. The smallest absolute Gasteiger partial charge is 0.123 e. The molecule has 1 aromatic carbocycles. The molecular weight excluding hydrogens is 216 g/mol. The molecule has 3 heteroatoms. The van der Waals surface area contributed by atoms with Crippen molar-refractivity contribution in [2.24, 2.45) is 5.73 Å². The SMILES string of the molecule is NCc1cnc(-c2ccc(C3CC3)cc2)s1. The average Bonchev–Trinajstić information content (AvgIpc) is 3.07. The highest BCUT2D eigenvalue weighted by Gasteiger charge is 2.23. The van der Waals surface area contributed by atoms with Crippen LogP contribution in [0.15, 0.2) is 30.5 Å². The molecule has 2 aromatic rings. The summed E-state index contributed by atoms with van der Waals surface area (Å²) in [5.74, 6) is 0.824. The van der Waals surface area contributed by atoms with E-state index in [2.05, 4.69) is 29.2 Å². The number of aromatic nitrogens is 1. The van der Waals surface area contributed by atoms with Crippen LogP contribution in [0.5, 0.6) is 0 Å². The summed E-state index contributed by atoms with van der Waals surface area (Å²) in [5, 5.41) is 1.07. The lowest BCUT2D eigenvalue weighted by atomic mass is 10.1. The van der Waals surface area contributed by atoms with Crippen molar-refractivity contribution >= 4 is 11.3 Å². The third-order valence-corrected chi connectivity index (χ3v) is 4.03. The van der Waals surface area contributed by atoms with Gasteiger partial charge in [0.15, 0.2) is 0 Å². The Balaban J connectivity index is 1.87. The lowest BCUT2D eigenvalue weighted by Gasteiger charge is -1.99. The van der Waals surface area contributed by atoms with Gasteiger partial charge in [0.2, 0.25) is 0 Å². The molecule has 3 rings (SSSR count). The van der Waals surface area contributed by atoms with E-state index in [1.54, 1.807) is 11.3 Å². The molecule has 0 radical (unpaired) electrons. The quantitative estimate of drug-likeness (QED) is 0.879. The summed E-state index contributed by atoms with van der Waals surface area (Å²) in [7, 11) is 0. The maximum absolute atomic E-state index is 5.58. The lowest BCUT2D eigenvalue weighted by Crippen LogP contribution is -1.91. The number of hydrogen-bond donors (Lipinski definition) is 1. The molecular formula is C13H14N2S. The Kier molecular flexibility index (Phi) is 2.50. The predicted molar refractivity (Wildman–Crippen MR) is 67.4 cm³/mol. The Bertz CT molecular complexity index is 483. The Morgan fingerprint density at radius 1 is 1.25 bits per heavy atom. The van der Waals surface area contributed by atoms with Gasteiger partial charge in [0, 0.05) is 23.2 Å². The molecule has 0 aliphatic heterocycles. The predicted octanol–water partition coefficient (Wildman–Crippen LogP) is 3.15. The standard InChI is InChI=1S/C13H14N2S/c14-7-12-8-15-13(16-12)11-5-3-10(4-6-11)9-1-2-9/h3-6,8-9H,1-2,7,14H2. The fourth-order valence-corrected chi connectivity index (χ4v) is 2.65. The minimum Gasteiger partial charge on any atom is -0.326 e. The zero-order valence-electron chi connectivity index (χ0n) is 9.02. The minimum absolute atomic E-state index is 0.581. The van der Waals surface area contributed by atoms with Crippen molar-refractivity contribution in [2.75, 3.05) is 0 Å². The zero-order chi connectivity index (χ0) is 11.0. The van der Waals surface area contributed by atoms with Crippen LogP contribution in [-0.2, 0) is 6.54 Å². The van der Waals surface area contributed by atoms with E-state index in [1.165, 1.54) is 24.0 Å². The molecule has 2 nitrogen and oxygen atoms in total. The van der Waals surface area contributed by atoms with Crippen LogP contribution in [-0.4, -0.2) is 4.98 Å². The number of thiazole rings is 1. The van der Waals surface area contributed by atoms with Gasteiger partial charge in [0.05, 0.1) is 0 Å². The van der Waals surface area contributed by atoms with Crippen molar-refractivity contribution in [2.45, 2.75) is 25.3 Å². The molecule has 1 aromatic heterocycles. The highest BCUT2D eigenvalue weighted by molar-refractivity contribution is 7.15. The Morgan fingerprint density at radius 3 is 2.56 bits per heavy atom. The summed E-state index contributed by atoms with van der Waals surface area (Å²) in [6, 6.07) is 8.81. The Morgan fingerprint density at radius 2 is 2.00 bits per heavy atom. The topological polar surface area (TPSA) is 38.9 Å². The van der Waals surface area contributed by atoms with Gasteiger partial charge in [0.25, 0.3) is 0 Å². The summed E-state index contributed by atoms with van der Waals surface area (Å²) in [6.45, 7) is 0.581. The van der Waals surface area contributed by atoms with Gasteiger partial charge >= 0.3 is 0 Å². The van der Waals surface area contributed by atoms with Crippen LogP contribution in [0.1, 0.15) is 29.2 Å². The van der Waals surface area contributed by atoms with Crippen molar-refractivity contribution < 1.29 is 0 Å². The van der Waals surface area contributed by atoms with E-state index in [-0.39, 0.29) is 0 Å². The van der Waals surface area contributed by atoms with Gasteiger partial charge < -0.3 is 5.73 Å². The molecule has 1 aliphatic carbocycles. The number of benzene rings is 1. The zero-order valence-corrected chi connectivity index (χ0v) is 9.83. The van der Waals surface area contributed by atoms with Crippen LogP contribution in [0, 0.1) is 0 Å². The highest BCUT2D eigenvalue weighted by atomic mass is 32.1. The largest absolute Gasteiger partial charge is 0.326 e. The van der Waals surface area contributed by atoms with Crippen LogP contribution in [0.3, 0.4) is 0 Å². The van der Waals surface area contributed by atoms with Crippen molar-refractivity contribution in [3.05, 3.63) is 40.9 Å². The van der Waals surface area contributed by atoms with Gasteiger partial charge in [-0.25, -0.2) is 4.98 Å². The number of nitrogens with two attached hydrogens (primary N) is 1. The van der Waals surface area contributed by atoms with Crippen LogP contribution in [0.25, 0.3) is 10.6 Å². The van der Waals surface area contributed by atoms with Gasteiger partial charge in [-0.05, 0) is 24.3 Å². The van der Waals surface area contributed by atoms with E-state index in [0.717, 1.165) is 15.8 Å². The third-order valence-electron chi connectivity index (χ3n) is 2.96. The monoisotopic (exact) mass is 230 g/mol. The van der Waals surface area contributed by atoms with E-state index < -0.39 is 0 Å². The van der Waals surface area contributed by atoms with E-state index >= 15 is 0 Å². The third kappa shape index (κ3) is 1.88. The van der Waals surface area contributed by atoms with Crippen LogP contribution < -0.4 is 5.73 Å².